The van der Waals surface area contributed by atoms with Crippen molar-refractivity contribution in [1.82, 2.24) is 10.3 Å². The summed E-state index contributed by atoms with van der Waals surface area (Å²) in [4.78, 5) is 18.4. The molecule has 6 heteroatoms. The molecule has 0 bridgehead atoms. The molecule has 3 N–H and O–H groups in total. The number of hydrogen-bond donors (Lipinski definition) is 2. The molecule has 1 saturated carbocycles. The number of carbonyl (C=O) groups excluding carboxylic acids is 1. The van der Waals surface area contributed by atoms with E-state index in [0.29, 0.717) is 22.7 Å². The minimum absolute atomic E-state index is 0.0996. The van der Waals surface area contributed by atoms with Gasteiger partial charge in [0.1, 0.15) is 10.7 Å². The first kappa shape index (κ1) is 11.2. The topological polar surface area (TPSA) is 71.2 Å². The number of anilines is 2. The number of amides is 1. The number of nitrogens with one attached hydrogen (secondary N) is 1. The third-order valence-electron chi connectivity index (χ3n) is 2.66. The molecule has 0 aliphatic heterocycles. The van der Waals surface area contributed by atoms with Gasteiger partial charge < -0.3 is 16.0 Å². The molecular formula is C10H16N4OS. The Labute approximate surface area is 98.7 Å². The summed E-state index contributed by atoms with van der Waals surface area (Å²) in [6.45, 7) is 2.12. The summed E-state index contributed by atoms with van der Waals surface area (Å²) in [7, 11) is 3.76. The Bertz CT molecular complexity index is 415. The summed E-state index contributed by atoms with van der Waals surface area (Å²) >= 11 is 1.32. The Morgan fingerprint density at radius 1 is 1.62 bits per heavy atom. The standard InChI is InChI=1S/C10H16N4OS/c1-5-4-6(5)12-9(15)7-8(11)13-10(16-7)14(2)3/h5-6H,4,11H2,1-3H3,(H,12,15). The van der Waals surface area contributed by atoms with Gasteiger partial charge in [0.25, 0.3) is 5.91 Å². The quantitative estimate of drug-likeness (QED) is 0.824. The second-order valence-corrected chi connectivity index (χ2v) is 5.38. The lowest BCUT2D eigenvalue weighted by Crippen LogP contribution is -2.26. The summed E-state index contributed by atoms with van der Waals surface area (Å²) in [5.41, 5.74) is 5.72. The number of thiazole rings is 1. The number of nitrogens with two attached hydrogens (primary N) is 1. The number of hydrogen-bond acceptors (Lipinski definition) is 5. The fourth-order valence-corrected chi connectivity index (χ4v) is 2.24. The first-order valence-corrected chi connectivity index (χ1v) is 6.05. The summed E-state index contributed by atoms with van der Waals surface area (Å²) in [5.74, 6) is 0.809. The van der Waals surface area contributed by atoms with Crippen LogP contribution < -0.4 is 16.0 Å². The van der Waals surface area contributed by atoms with Crippen LogP contribution in [-0.2, 0) is 0 Å². The van der Waals surface area contributed by atoms with Crippen molar-refractivity contribution >= 4 is 28.2 Å². The van der Waals surface area contributed by atoms with E-state index in [-0.39, 0.29) is 5.91 Å². The van der Waals surface area contributed by atoms with Crippen LogP contribution in [0.3, 0.4) is 0 Å². The van der Waals surface area contributed by atoms with Crippen LogP contribution in [0.5, 0.6) is 0 Å². The lowest BCUT2D eigenvalue weighted by Gasteiger charge is -2.05. The largest absolute Gasteiger partial charge is 0.382 e. The minimum atomic E-state index is -0.0996. The van der Waals surface area contributed by atoms with E-state index in [1.807, 2.05) is 19.0 Å². The van der Waals surface area contributed by atoms with Crippen LogP contribution in [-0.4, -0.2) is 31.0 Å². The van der Waals surface area contributed by atoms with Gasteiger partial charge in [-0.05, 0) is 12.3 Å². The van der Waals surface area contributed by atoms with E-state index >= 15 is 0 Å². The van der Waals surface area contributed by atoms with E-state index in [1.54, 1.807) is 0 Å². The maximum absolute atomic E-state index is 11.9. The molecule has 2 unspecified atom stereocenters. The molecule has 1 aromatic rings. The van der Waals surface area contributed by atoms with Crippen LogP contribution in [0.1, 0.15) is 23.0 Å². The molecule has 1 aliphatic rings. The predicted molar refractivity (Wildman–Crippen MR) is 65.9 cm³/mol. The van der Waals surface area contributed by atoms with Crippen molar-refractivity contribution in [3.63, 3.8) is 0 Å². The van der Waals surface area contributed by atoms with Crippen LogP contribution in [0.2, 0.25) is 0 Å². The lowest BCUT2D eigenvalue weighted by atomic mass is 10.4. The molecule has 5 nitrogen and oxygen atoms in total. The van der Waals surface area contributed by atoms with E-state index in [9.17, 15) is 4.79 Å². The first-order chi connectivity index (χ1) is 7.49. The van der Waals surface area contributed by atoms with E-state index < -0.39 is 0 Å². The van der Waals surface area contributed by atoms with Crippen LogP contribution >= 0.6 is 11.3 Å². The van der Waals surface area contributed by atoms with E-state index in [2.05, 4.69) is 17.2 Å². The minimum Gasteiger partial charge on any atom is -0.382 e. The fraction of sp³-hybridized carbons (Fsp3) is 0.600. The van der Waals surface area contributed by atoms with E-state index in [0.717, 1.165) is 11.6 Å². The number of carbonyl (C=O) groups is 1. The molecule has 2 atom stereocenters. The van der Waals surface area contributed by atoms with Crippen molar-refractivity contribution in [3.8, 4) is 0 Å². The zero-order chi connectivity index (χ0) is 11.9. The van der Waals surface area contributed by atoms with Crippen molar-refractivity contribution < 1.29 is 4.79 Å². The third-order valence-corrected chi connectivity index (χ3v) is 3.89. The maximum Gasteiger partial charge on any atom is 0.265 e. The molecule has 0 spiro atoms. The summed E-state index contributed by atoms with van der Waals surface area (Å²) in [6.07, 6.45) is 1.06. The van der Waals surface area contributed by atoms with Gasteiger partial charge in [0.2, 0.25) is 0 Å². The normalized spacial score (nSPS) is 22.9. The summed E-state index contributed by atoms with van der Waals surface area (Å²) < 4.78 is 0. The second-order valence-electron chi connectivity index (χ2n) is 4.40. The molecule has 0 radical (unpaired) electrons. The third kappa shape index (κ3) is 2.11. The molecule has 1 aromatic heterocycles. The molecule has 1 heterocycles. The van der Waals surface area contributed by atoms with Gasteiger partial charge in [0, 0.05) is 20.1 Å². The zero-order valence-corrected chi connectivity index (χ0v) is 10.5. The lowest BCUT2D eigenvalue weighted by molar-refractivity contribution is 0.0954. The molecule has 88 valence electrons. The zero-order valence-electron chi connectivity index (χ0n) is 9.65. The molecular weight excluding hydrogens is 224 g/mol. The summed E-state index contributed by atoms with van der Waals surface area (Å²) in [6, 6.07) is 0.316. The van der Waals surface area contributed by atoms with Crippen molar-refractivity contribution in [1.29, 1.82) is 0 Å². The Kier molecular flexibility index (Phi) is 2.75. The van der Waals surface area contributed by atoms with Crippen molar-refractivity contribution in [2.75, 3.05) is 24.7 Å². The number of nitrogen functional groups attached to an aromatic ring is 1. The van der Waals surface area contributed by atoms with Gasteiger partial charge in [-0.15, -0.1) is 0 Å². The average Bonchev–Trinajstić information content (AvgIpc) is 2.75. The molecule has 16 heavy (non-hydrogen) atoms. The molecule has 0 aromatic carbocycles. The number of aromatic nitrogens is 1. The number of rotatable bonds is 3. The molecule has 1 amide bonds. The van der Waals surface area contributed by atoms with Crippen LogP contribution in [0.4, 0.5) is 10.9 Å². The first-order valence-electron chi connectivity index (χ1n) is 5.23. The highest BCUT2D eigenvalue weighted by atomic mass is 32.1. The number of nitrogens with zero attached hydrogens (tertiary/aromatic N) is 2. The molecule has 1 fully saturated rings. The maximum atomic E-state index is 11.9. The van der Waals surface area contributed by atoms with Crippen LogP contribution in [0, 0.1) is 5.92 Å². The average molecular weight is 240 g/mol. The second kappa shape index (κ2) is 3.93. The van der Waals surface area contributed by atoms with Gasteiger partial charge in [-0.2, -0.15) is 0 Å². The van der Waals surface area contributed by atoms with Crippen molar-refractivity contribution in [2.45, 2.75) is 19.4 Å². The highest BCUT2D eigenvalue weighted by molar-refractivity contribution is 7.18. The predicted octanol–water partition coefficient (Wildman–Crippen LogP) is 0.929. The van der Waals surface area contributed by atoms with Gasteiger partial charge in [-0.1, -0.05) is 18.3 Å². The molecule has 1 aliphatic carbocycles. The summed E-state index contributed by atoms with van der Waals surface area (Å²) in [5, 5.41) is 3.70. The molecule has 0 saturated heterocycles. The van der Waals surface area contributed by atoms with Gasteiger partial charge >= 0.3 is 0 Å². The van der Waals surface area contributed by atoms with E-state index in [4.69, 9.17) is 5.73 Å². The van der Waals surface area contributed by atoms with Gasteiger partial charge in [-0.3, -0.25) is 4.79 Å². The smallest absolute Gasteiger partial charge is 0.265 e. The molecule has 2 rings (SSSR count). The SMILES string of the molecule is CC1CC1NC(=O)c1sc(N(C)C)nc1N. The Morgan fingerprint density at radius 2 is 2.25 bits per heavy atom. The van der Waals surface area contributed by atoms with E-state index in [1.165, 1.54) is 11.3 Å². The van der Waals surface area contributed by atoms with Gasteiger partial charge in [-0.25, -0.2) is 4.98 Å². The van der Waals surface area contributed by atoms with Gasteiger partial charge in [0.05, 0.1) is 0 Å². The highest BCUT2D eigenvalue weighted by Crippen LogP contribution is 2.31. The van der Waals surface area contributed by atoms with Gasteiger partial charge in [0.15, 0.2) is 5.13 Å². The fourth-order valence-electron chi connectivity index (χ4n) is 1.43. The Hall–Kier alpha value is -1.30. The Morgan fingerprint density at radius 3 is 2.69 bits per heavy atom. The highest BCUT2D eigenvalue weighted by Gasteiger charge is 2.34. The van der Waals surface area contributed by atoms with Crippen LogP contribution in [0.25, 0.3) is 0 Å². The van der Waals surface area contributed by atoms with Crippen molar-refractivity contribution in [2.24, 2.45) is 5.92 Å². The van der Waals surface area contributed by atoms with Crippen LogP contribution in [0.15, 0.2) is 0 Å². The monoisotopic (exact) mass is 240 g/mol. The Balaban J connectivity index is 2.10. The van der Waals surface area contributed by atoms with Crippen molar-refractivity contribution in [3.05, 3.63) is 4.88 Å².